The lowest BCUT2D eigenvalue weighted by molar-refractivity contribution is -0.389. The molecule has 0 aliphatic heterocycles. The number of nitro groups is 1. The van der Waals surface area contributed by atoms with E-state index in [1.165, 1.54) is 4.40 Å². The van der Waals surface area contributed by atoms with Gasteiger partial charge in [0.1, 0.15) is 0 Å². The summed E-state index contributed by atoms with van der Waals surface area (Å²) in [4.78, 5) is 14.9. The summed E-state index contributed by atoms with van der Waals surface area (Å²) in [5.41, 5.74) is -0.477. The molecule has 7 nitrogen and oxygen atoms in total. The van der Waals surface area contributed by atoms with E-state index in [2.05, 4.69) is 10.3 Å². The van der Waals surface area contributed by atoms with E-state index >= 15 is 0 Å². The maximum atomic E-state index is 11.2. The number of fused-ring (bicyclic) bond motifs is 1. The number of aromatic nitrogens is 2. The maximum Gasteiger partial charge on any atom is 0.372 e. The van der Waals surface area contributed by atoms with Crippen molar-refractivity contribution in [3.8, 4) is 0 Å². The zero-order valence-corrected chi connectivity index (χ0v) is 11.7. The molecule has 1 atom stereocenters. The first-order valence-electron chi connectivity index (χ1n) is 6.40. The molecule has 0 saturated heterocycles. The van der Waals surface area contributed by atoms with Crippen molar-refractivity contribution in [2.24, 2.45) is 5.92 Å². The highest BCUT2D eigenvalue weighted by Gasteiger charge is 2.28. The van der Waals surface area contributed by atoms with Crippen LogP contribution in [-0.2, 0) is 0 Å². The normalized spacial score (nSPS) is 14.4. The summed E-state index contributed by atoms with van der Waals surface area (Å²) in [7, 11) is 0. The smallest absolute Gasteiger partial charge is 0.372 e. The number of pyridine rings is 1. The average Bonchev–Trinajstić information content (AvgIpc) is 2.74. The fraction of sp³-hybridized carbons (Fsp3) is 0.462. The standard InChI is InChI=1S/C13H18N4O3/c1-9(2)13(3,18)8-14-11-12(17(19)20)16-7-5-4-6-10(16)15-11/h4-7,9,14,18H,8H2,1-3H3/t13-/m0/s1. The molecule has 108 valence electrons. The third-order valence-corrected chi connectivity index (χ3v) is 3.54. The van der Waals surface area contributed by atoms with E-state index in [-0.39, 0.29) is 24.1 Å². The fourth-order valence-electron chi connectivity index (χ4n) is 1.74. The second-order valence-electron chi connectivity index (χ2n) is 5.34. The molecule has 0 saturated carbocycles. The van der Waals surface area contributed by atoms with Gasteiger partial charge in [-0.25, -0.2) is 0 Å². The maximum absolute atomic E-state index is 11.2. The third-order valence-electron chi connectivity index (χ3n) is 3.54. The van der Waals surface area contributed by atoms with E-state index in [4.69, 9.17) is 0 Å². The Labute approximate surface area is 116 Å². The number of imidazole rings is 1. The minimum atomic E-state index is -0.969. The highest BCUT2D eigenvalue weighted by Crippen LogP contribution is 2.26. The number of anilines is 1. The van der Waals surface area contributed by atoms with E-state index in [0.717, 1.165) is 0 Å². The Morgan fingerprint density at radius 2 is 2.25 bits per heavy atom. The van der Waals surface area contributed by atoms with Crippen molar-refractivity contribution < 1.29 is 10.0 Å². The van der Waals surface area contributed by atoms with Gasteiger partial charge >= 0.3 is 5.82 Å². The quantitative estimate of drug-likeness (QED) is 0.645. The van der Waals surface area contributed by atoms with Crippen LogP contribution in [0.5, 0.6) is 0 Å². The van der Waals surface area contributed by atoms with Crippen LogP contribution in [0.2, 0.25) is 0 Å². The van der Waals surface area contributed by atoms with E-state index in [0.29, 0.717) is 5.65 Å². The van der Waals surface area contributed by atoms with Crippen LogP contribution in [-0.4, -0.2) is 31.6 Å². The second-order valence-corrected chi connectivity index (χ2v) is 5.34. The Morgan fingerprint density at radius 3 is 2.85 bits per heavy atom. The van der Waals surface area contributed by atoms with Crippen LogP contribution < -0.4 is 5.32 Å². The SMILES string of the molecule is CC(C)[C@@](C)(O)CNc1nc2ccccn2c1[N+](=O)[O-]. The van der Waals surface area contributed by atoms with Crippen LogP contribution in [0.1, 0.15) is 20.8 Å². The van der Waals surface area contributed by atoms with Gasteiger partial charge in [-0.05, 0) is 23.8 Å². The highest BCUT2D eigenvalue weighted by molar-refractivity contribution is 5.62. The summed E-state index contributed by atoms with van der Waals surface area (Å²) in [6, 6.07) is 5.16. The molecule has 2 aromatic heterocycles. The first-order valence-corrected chi connectivity index (χ1v) is 6.40. The molecule has 0 unspecified atom stereocenters. The minimum Gasteiger partial charge on any atom is -0.388 e. The Balaban J connectivity index is 2.35. The van der Waals surface area contributed by atoms with Crippen LogP contribution >= 0.6 is 0 Å². The molecule has 0 radical (unpaired) electrons. The second kappa shape index (κ2) is 5.09. The van der Waals surface area contributed by atoms with Gasteiger partial charge in [0, 0.05) is 12.6 Å². The summed E-state index contributed by atoms with van der Waals surface area (Å²) in [5, 5.41) is 24.3. The number of rotatable bonds is 5. The van der Waals surface area contributed by atoms with Gasteiger partial charge in [0.05, 0.1) is 11.8 Å². The summed E-state index contributed by atoms with van der Waals surface area (Å²) in [6.45, 7) is 5.65. The zero-order valence-electron chi connectivity index (χ0n) is 11.7. The molecule has 0 aliphatic rings. The molecule has 2 N–H and O–H groups in total. The molecule has 0 aromatic carbocycles. The molecule has 0 amide bonds. The molecule has 2 aromatic rings. The van der Waals surface area contributed by atoms with Crippen molar-refractivity contribution in [1.82, 2.24) is 9.38 Å². The molecule has 7 heteroatoms. The molecule has 2 rings (SSSR count). The molecular formula is C13H18N4O3. The Hall–Kier alpha value is -2.15. The molecule has 2 heterocycles. The van der Waals surface area contributed by atoms with Crippen LogP contribution in [0, 0.1) is 16.0 Å². The predicted octanol–water partition coefficient (Wildman–Crippen LogP) is 2.06. The van der Waals surface area contributed by atoms with Gasteiger partial charge in [-0.15, -0.1) is 0 Å². The predicted molar refractivity (Wildman–Crippen MR) is 75.8 cm³/mol. The molecule has 0 fully saturated rings. The lowest BCUT2D eigenvalue weighted by Crippen LogP contribution is -2.38. The monoisotopic (exact) mass is 278 g/mol. The van der Waals surface area contributed by atoms with Crippen molar-refractivity contribution in [3.63, 3.8) is 0 Å². The van der Waals surface area contributed by atoms with Gasteiger partial charge < -0.3 is 20.5 Å². The molecular weight excluding hydrogens is 260 g/mol. The van der Waals surface area contributed by atoms with Gasteiger partial charge in [0.2, 0.25) is 11.5 Å². The lowest BCUT2D eigenvalue weighted by atomic mass is 9.93. The van der Waals surface area contributed by atoms with Crippen LogP contribution in [0.3, 0.4) is 0 Å². The average molecular weight is 278 g/mol. The van der Waals surface area contributed by atoms with Crippen molar-refractivity contribution >= 4 is 17.3 Å². The summed E-state index contributed by atoms with van der Waals surface area (Å²) in [6.07, 6.45) is 1.59. The van der Waals surface area contributed by atoms with E-state index in [1.807, 2.05) is 13.8 Å². The van der Waals surface area contributed by atoms with Crippen molar-refractivity contribution in [2.75, 3.05) is 11.9 Å². The number of hydrogen-bond donors (Lipinski definition) is 2. The summed E-state index contributed by atoms with van der Waals surface area (Å²) >= 11 is 0. The van der Waals surface area contributed by atoms with E-state index in [1.54, 1.807) is 31.3 Å². The van der Waals surface area contributed by atoms with Gasteiger partial charge in [-0.2, -0.15) is 9.38 Å². The number of nitrogens with zero attached hydrogens (tertiary/aromatic N) is 3. The Kier molecular flexibility index (Phi) is 3.63. The van der Waals surface area contributed by atoms with Gasteiger partial charge in [0.15, 0.2) is 0 Å². The van der Waals surface area contributed by atoms with Crippen LogP contribution in [0.4, 0.5) is 11.6 Å². The van der Waals surface area contributed by atoms with Crippen molar-refractivity contribution in [1.29, 1.82) is 0 Å². The fourth-order valence-corrected chi connectivity index (χ4v) is 1.74. The topological polar surface area (TPSA) is 92.7 Å². The summed E-state index contributed by atoms with van der Waals surface area (Å²) in [5.74, 6) is 0.0633. The number of aliphatic hydroxyl groups is 1. The Bertz CT molecular complexity index is 634. The third kappa shape index (κ3) is 2.57. The zero-order chi connectivity index (χ0) is 14.9. The van der Waals surface area contributed by atoms with E-state index < -0.39 is 10.5 Å². The number of nitrogens with one attached hydrogen (secondary N) is 1. The van der Waals surface area contributed by atoms with Gasteiger partial charge in [-0.1, -0.05) is 19.9 Å². The first kappa shape index (κ1) is 14.3. The highest BCUT2D eigenvalue weighted by atomic mass is 16.6. The van der Waals surface area contributed by atoms with E-state index in [9.17, 15) is 15.2 Å². The largest absolute Gasteiger partial charge is 0.388 e. The van der Waals surface area contributed by atoms with Crippen molar-refractivity contribution in [3.05, 3.63) is 34.5 Å². The van der Waals surface area contributed by atoms with Crippen molar-refractivity contribution in [2.45, 2.75) is 26.4 Å². The minimum absolute atomic E-state index is 0.0195. The van der Waals surface area contributed by atoms with Crippen LogP contribution in [0.25, 0.3) is 5.65 Å². The lowest BCUT2D eigenvalue weighted by Gasteiger charge is -2.27. The van der Waals surface area contributed by atoms with Crippen LogP contribution in [0.15, 0.2) is 24.4 Å². The molecule has 20 heavy (non-hydrogen) atoms. The first-order chi connectivity index (χ1) is 9.33. The molecule has 0 spiro atoms. The van der Waals surface area contributed by atoms with Gasteiger partial charge in [-0.3, -0.25) is 0 Å². The number of hydrogen-bond acceptors (Lipinski definition) is 5. The summed E-state index contributed by atoms with van der Waals surface area (Å²) < 4.78 is 1.41. The van der Waals surface area contributed by atoms with Gasteiger partial charge in [0.25, 0.3) is 0 Å². The Morgan fingerprint density at radius 1 is 1.55 bits per heavy atom. The molecule has 0 bridgehead atoms. The molecule has 0 aliphatic carbocycles.